The largest absolute Gasteiger partial charge is 0.465 e. The van der Waals surface area contributed by atoms with Gasteiger partial charge in [-0.1, -0.05) is 18.2 Å². The lowest BCUT2D eigenvalue weighted by molar-refractivity contribution is 0.0801. The number of aromatic amines is 1. The number of anilines is 1. The number of fused-ring (bicyclic) bond motifs is 1. The fourth-order valence-corrected chi connectivity index (χ4v) is 3.91. The van der Waals surface area contributed by atoms with Crippen molar-refractivity contribution in [1.82, 2.24) is 25.4 Å². The normalized spacial score (nSPS) is 17.9. The molecule has 1 aliphatic rings. The van der Waals surface area contributed by atoms with Crippen LogP contribution in [0.1, 0.15) is 37.0 Å². The second kappa shape index (κ2) is 8.25. The number of aromatic nitrogens is 3. The molecule has 0 aliphatic heterocycles. The molecule has 1 saturated carbocycles. The summed E-state index contributed by atoms with van der Waals surface area (Å²) in [6.07, 6.45) is 5.41. The second-order valence-corrected chi connectivity index (χ2v) is 8.22. The highest BCUT2D eigenvalue weighted by Crippen LogP contribution is 2.33. The molecule has 162 valence electrons. The number of rotatable bonds is 6. The molecule has 4 rings (SSSR count). The minimum absolute atomic E-state index is 0.0563. The molecule has 1 aromatic carbocycles. The zero-order chi connectivity index (χ0) is 22.1. The number of hydrogen-bond acceptors (Lipinski definition) is 5. The highest BCUT2D eigenvalue weighted by Gasteiger charge is 2.35. The van der Waals surface area contributed by atoms with Gasteiger partial charge in [-0.05, 0) is 26.7 Å². The third-order valence-electron chi connectivity index (χ3n) is 5.68. The molecule has 2 aromatic heterocycles. The molecule has 2 heterocycles. The molecule has 9 heteroatoms. The number of para-hydroxylation sites is 1. The van der Waals surface area contributed by atoms with Crippen molar-refractivity contribution in [3.8, 4) is 11.1 Å². The van der Waals surface area contributed by atoms with Crippen molar-refractivity contribution in [3.05, 3.63) is 42.4 Å². The summed E-state index contributed by atoms with van der Waals surface area (Å²) in [5.41, 5.74) is 3.86. The van der Waals surface area contributed by atoms with E-state index in [1.54, 1.807) is 19.4 Å². The van der Waals surface area contributed by atoms with Crippen LogP contribution < -0.4 is 10.6 Å². The van der Waals surface area contributed by atoms with Crippen LogP contribution in [0.15, 0.2) is 36.8 Å². The minimum Gasteiger partial charge on any atom is -0.465 e. The summed E-state index contributed by atoms with van der Waals surface area (Å²) in [5.74, 6) is -0.215. The maximum absolute atomic E-state index is 13.1. The van der Waals surface area contributed by atoms with Gasteiger partial charge in [0.05, 0.1) is 23.0 Å². The van der Waals surface area contributed by atoms with Gasteiger partial charge in [0.15, 0.2) is 0 Å². The first-order valence-corrected chi connectivity index (χ1v) is 10.3. The summed E-state index contributed by atoms with van der Waals surface area (Å²) in [6, 6.07) is 5.87. The summed E-state index contributed by atoms with van der Waals surface area (Å²) < 4.78 is 0. The van der Waals surface area contributed by atoms with Crippen molar-refractivity contribution in [3.63, 3.8) is 0 Å². The quantitative estimate of drug-likeness (QED) is 0.483. The standard InChI is InChI=1S/C22H26N6O3/c1-12(2)26-20-17-6-4-5-16(13-9-24-25-10-13)19(17)23-11-18(20)21(29)27-14-7-15(8-14)28(3)22(30)31/h4-6,9-12,14-15H,7-8H2,1-3H3,(H,23,26)(H,24,25)(H,27,29)(H,30,31). The Balaban J connectivity index is 1.63. The first-order chi connectivity index (χ1) is 14.8. The Labute approximate surface area is 179 Å². The maximum Gasteiger partial charge on any atom is 0.407 e. The Hall–Kier alpha value is -3.62. The van der Waals surface area contributed by atoms with E-state index in [9.17, 15) is 9.59 Å². The van der Waals surface area contributed by atoms with Crippen LogP contribution in [0.5, 0.6) is 0 Å². The van der Waals surface area contributed by atoms with Crippen LogP contribution in [0, 0.1) is 0 Å². The molecule has 4 N–H and O–H groups in total. The van der Waals surface area contributed by atoms with E-state index in [0.717, 1.165) is 27.7 Å². The fourth-order valence-electron chi connectivity index (χ4n) is 3.91. The number of nitrogens with one attached hydrogen (secondary N) is 3. The van der Waals surface area contributed by atoms with Gasteiger partial charge in [0, 0.05) is 54.1 Å². The number of hydrogen-bond donors (Lipinski definition) is 4. The molecule has 0 atom stereocenters. The highest BCUT2D eigenvalue weighted by atomic mass is 16.4. The van der Waals surface area contributed by atoms with E-state index < -0.39 is 6.09 Å². The fraction of sp³-hybridized carbons (Fsp3) is 0.364. The van der Waals surface area contributed by atoms with Gasteiger partial charge < -0.3 is 20.6 Å². The van der Waals surface area contributed by atoms with Gasteiger partial charge >= 0.3 is 6.09 Å². The van der Waals surface area contributed by atoms with Crippen LogP contribution in [-0.2, 0) is 0 Å². The Bertz CT molecular complexity index is 1110. The second-order valence-electron chi connectivity index (χ2n) is 8.22. The molecule has 0 saturated heterocycles. The lowest BCUT2D eigenvalue weighted by Gasteiger charge is -2.40. The number of amides is 2. The Kier molecular flexibility index (Phi) is 5.50. The van der Waals surface area contributed by atoms with Crippen molar-refractivity contribution in [2.75, 3.05) is 12.4 Å². The topological polar surface area (TPSA) is 123 Å². The van der Waals surface area contributed by atoms with Crippen LogP contribution in [0.2, 0.25) is 0 Å². The molecule has 2 amide bonds. The Morgan fingerprint density at radius 1 is 1.26 bits per heavy atom. The summed E-state index contributed by atoms with van der Waals surface area (Å²) in [6.45, 7) is 4.04. The third kappa shape index (κ3) is 4.03. The number of H-pyrrole nitrogens is 1. The summed E-state index contributed by atoms with van der Waals surface area (Å²) in [4.78, 5) is 30.1. The number of carbonyl (C=O) groups is 2. The molecule has 1 aliphatic carbocycles. The number of carboxylic acid groups (broad SMARTS) is 1. The zero-order valence-corrected chi connectivity index (χ0v) is 17.7. The van der Waals surface area contributed by atoms with Crippen molar-refractivity contribution >= 4 is 28.6 Å². The first kappa shape index (κ1) is 20.6. The van der Waals surface area contributed by atoms with Crippen LogP contribution in [-0.4, -0.2) is 62.4 Å². The molecule has 9 nitrogen and oxygen atoms in total. The van der Waals surface area contributed by atoms with Gasteiger partial charge in [0.1, 0.15) is 0 Å². The molecule has 1 fully saturated rings. The van der Waals surface area contributed by atoms with Gasteiger partial charge in [-0.2, -0.15) is 5.10 Å². The maximum atomic E-state index is 13.1. The van der Waals surface area contributed by atoms with E-state index in [1.807, 2.05) is 38.2 Å². The summed E-state index contributed by atoms with van der Waals surface area (Å²) >= 11 is 0. The minimum atomic E-state index is -0.953. The van der Waals surface area contributed by atoms with Crippen molar-refractivity contribution in [1.29, 1.82) is 0 Å². The van der Waals surface area contributed by atoms with Crippen molar-refractivity contribution in [2.24, 2.45) is 0 Å². The molecule has 0 spiro atoms. The molecule has 0 unspecified atom stereocenters. The van der Waals surface area contributed by atoms with Crippen LogP contribution in [0.4, 0.5) is 10.5 Å². The molecular formula is C22H26N6O3. The van der Waals surface area contributed by atoms with Crippen LogP contribution >= 0.6 is 0 Å². The van der Waals surface area contributed by atoms with E-state index in [2.05, 4.69) is 25.8 Å². The van der Waals surface area contributed by atoms with Gasteiger partial charge in [-0.3, -0.25) is 14.9 Å². The monoisotopic (exact) mass is 422 g/mol. The van der Waals surface area contributed by atoms with E-state index in [0.29, 0.717) is 18.4 Å². The van der Waals surface area contributed by atoms with Gasteiger partial charge in [0.25, 0.3) is 5.91 Å². The van der Waals surface area contributed by atoms with Crippen molar-refractivity contribution in [2.45, 2.75) is 44.8 Å². The zero-order valence-electron chi connectivity index (χ0n) is 17.7. The SMILES string of the molecule is CC(C)Nc1c(C(=O)NC2CC(N(C)C(=O)O)C2)cnc2c(-c3cn[nH]c3)cccc12. The lowest BCUT2D eigenvalue weighted by atomic mass is 9.85. The van der Waals surface area contributed by atoms with E-state index in [1.165, 1.54) is 4.90 Å². The van der Waals surface area contributed by atoms with E-state index in [-0.39, 0.29) is 24.0 Å². The molecule has 0 bridgehead atoms. The highest BCUT2D eigenvalue weighted by molar-refractivity contribution is 6.09. The van der Waals surface area contributed by atoms with Gasteiger partial charge in [0.2, 0.25) is 0 Å². The molecular weight excluding hydrogens is 396 g/mol. The molecule has 3 aromatic rings. The van der Waals surface area contributed by atoms with Crippen LogP contribution in [0.3, 0.4) is 0 Å². The van der Waals surface area contributed by atoms with E-state index >= 15 is 0 Å². The third-order valence-corrected chi connectivity index (χ3v) is 5.68. The average Bonchev–Trinajstić information content (AvgIpc) is 3.23. The number of pyridine rings is 1. The first-order valence-electron chi connectivity index (χ1n) is 10.3. The average molecular weight is 422 g/mol. The molecule has 0 radical (unpaired) electrons. The predicted octanol–water partition coefficient (Wildman–Crippen LogP) is 3.32. The van der Waals surface area contributed by atoms with Gasteiger partial charge in [-0.25, -0.2) is 4.79 Å². The summed E-state index contributed by atoms with van der Waals surface area (Å²) in [7, 11) is 1.56. The smallest absolute Gasteiger partial charge is 0.407 e. The Morgan fingerprint density at radius 2 is 2.03 bits per heavy atom. The number of benzene rings is 1. The van der Waals surface area contributed by atoms with Crippen LogP contribution in [0.25, 0.3) is 22.0 Å². The number of nitrogens with zero attached hydrogens (tertiary/aromatic N) is 3. The van der Waals surface area contributed by atoms with Gasteiger partial charge in [-0.15, -0.1) is 0 Å². The number of carbonyl (C=O) groups excluding carboxylic acids is 1. The summed E-state index contributed by atoms with van der Waals surface area (Å²) in [5, 5.41) is 23.2. The Morgan fingerprint density at radius 3 is 2.68 bits per heavy atom. The molecule has 31 heavy (non-hydrogen) atoms. The van der Waals surface area contributed by atoms with Crippen molar-refractivity contribution < 1.29 is 14.7 Å². The van der Waals surface area contributed by atoms with E-state index in [4.69, 9.17) is 5.11 Å². The predicted molar refractivity (Wildman–Crippen MR) is 118 cm³/mol. The lowest BCUT2D eigenvalue weighted by Crippen LogP contribution is -2.54.